The van der Waals surface area contributed by atoms with Gasteiger partial charge in [-0.05, 0) is 48.9 Å². The first-order valence-electron chi connectivity index (χ1n) is 9.00. The van der Waals surface area contributed by atoms with E-state index in [0.717, 1.165) is 28.9 Å². The molecule has 2 rings (SSSR count). The second-order valence-electron chi connectivity index (χ2n) is 6.92. The number of amides is 1. The number of nitrogens with one attached hydrogen (secondary N) is 1. The van der Waals surface area contributed by atoms with E-state index in [4.69, 9.17) is 4.74 Å². The fourth-order valence-electron chi connectivity index (χ4n) is 2.84. The molecular weight excluding hydrogens is 310 g/mol. The molecule has 0 spiro atoms. The highest BCUT2D eigenvalue weighted by Crippen LogP contribution is 2.27. The summed E-state index contributed by atoms with van der Waals surface area (Å²) in [5.74, 6) is 1.06. The molecule has 0 unspecified atom stereocenters. The molecule has 0 saturated heterocycles. The van der Waals surface area contributed by atoms with Crippen LogP contribution < -0.4 is 10.1 Å². The molecule has 0 fully saturated rings. The fraction of sp³-hybridized carbons (Fsp3) is 0.409. The minimum Gasteiger partial charge on any atom is -0.483 e. The third kappa shape index (κ3) is 5.35. The van der Waals surface area contributed by atoms with E-state index >= 15 is 0 Å². The molecule has 1 atom stereocenters. The number of hydrogen-bond donors (Lipinski definition) is 1. The van der Waals surface area contributed by atoms with E-state index in [0.29, 0.717) is 5.92 Å². The van der Waals surface area contributed by atoms with E-state index < -0.39 is 0 Å². The van der Waals surface area contributed by atoms with Gasteiger partial charge in [-0.1, -0.05) is 62.7 Å². The molecule has 0 heterocycles. The average Bonchev–Trinajstić information content (AvgIpc) is 2.58. The van der Waals surface area contributed by atoms with Gasteiger partial charge < -0.3 is 10.1 Å². The zero-order valence-electron chi connectivity index (χ0n) is 15.9. The molecule has 0 radical (unpaired) electrons. The van der Waals surface area contributed by atoms with E-state index in [9.17, 15) is 4.79 Å². The van der Waals surface area contributed by atoms with Crippen molar-refractivity contribution in [2.45, 2.75) is 53.0 Å². The van der Waals surface area contributed by atoms with E-state index in [2.05, 4.69) is 69.4 Å². The molecule has 2 aromatic rings. The van der Waals surface area contributed by atoms with E-state index in [-0.39, 0.29) is 18.6 Å². The molecule has 1 N–H and O–H groups in total. The molecule has 134 valence electrons. The topological polar surface area (TPSA) is 38.3 Å². The van der Waals surface area contributed by atoms with Gasteiger partial charge in [-0.3, -0.25) is 4.79 Å². The van der Waals surface area contributed by atoms with Gasteiger partial charge in [-0.2, -0.15) is 0 Å². The van der Waals surface area contributed by atoms with Crippen LogP contribution in [-0.2, 0) is 4.79 Å². The van der Waals surface area contributed by atoms with Crippen molar-refractivity contribution in [2.75, 3.05) is 6.61 Å². The van der Waals surface area contributed by atoms with Crippen molar-refractivity contribution in [2.24, 2.45) is 0 Å². The molecular formula is C22H29NO2. The van der Waals surface area contributed by atoms with E-state index in [1.165, 1.54) is 5.56 Å². The van der Waals surface area contributed by atoms with Crippen molar-refractivity contribution >= 4 is 5.91 Å². The summed E-state index contributed by atoms with van der Waals surface area (Å²) in [5.41, 5.74) is 4.60. The lowest BCUT2D eigenvalue weighted by molar-refractivity contribution is -0.123. The zero-order chi connectivity index (χ0) is 18.4. The molecule has 25 heavy (non-hydrogen) atoms. The Kier molecular flexibility index (Phi) is 6.63. The van der Waals surface area contributed by atoms with Gasteiger partial charge in [-0.25, -0.2) is 0 Å². The molecule has 1 amide bonds. The first-order chi connectivity index (χ1) is 11.9. The van der Waals surface area contributed by atoms with Crippen molar-refractivity contribution in [1.82, 2.24) is 5.32 Å². The van der Waals surface area contributed by atoms with Gasteiger partial charge in [0.15, 0.2) is 6.61 Å². The standard InChI is InChI=1S/C22H29NO2/c1-6-20(18-10-7-16(4)8-11-18)23-22(24)14-25-21-13-17(5)9-12-19(21)15(2)3/h7-13,15,20H,6,14H2,1-5H3,(H,23,24)/t20-/m1/s1. The molecule has 2 aromatic carbocycles. The van der Waals surface area contributed by atoms with Crippen molar-refractivity contribution in [3.8, 4) is 5.75 Å². The Balaban J connectivity index is 2.00. The molecule has 0 bridgehead atoms. The fourth-order valence-corrected chi connectivity index (χ4v) is 2.84. The second-order valence-corrected chi connectivity index (χ2v) is 6.92. The molecule has 0 saturated carbocycles. The maximum Gasteiger partial charge on any atom is 0.258 e. The van der Waals surface area contributed by atoms with Crippen molar-refractivity contribution in [3.05, 3.63) is 64.7 Å². The van der Waals surface area contributed by atoms with Crippen LogP contribution >= 0.6 is 0 Å². The Morgan fingerprint density at radius 2 is 1.68 bits per heavy atom. The van der Waals surface area contributed by atoms with Crippen LogP contribution in [0.2, 0.25) is 0 Å². The Labute approximate surface area is 151 Å². The SMILES string of the molecule is CC[C@@H](NC(=O)COc1cc(C)ccc1C(C)C)c1ccc(C)cc1. The van der Waals surface area contributed by atoms with Crippen LogP contribution in [0.4, 0.5) is 0 Å². The van der Waals surface area contributed by atoms with Gasteiger partial charge in [0.2, 0.25) is 0 Å². The van der Waals surface area contributed by atoms with Gasteiger partial charge >= 0.3 is 0 Å². The average molecular weight is 339 g/mol. The minimum atomic E-state index is -0.0939. The summed E-state index contributed by atoms with van der Waals surface area (Å²) >= 11 is 0. The van der Waals surface area contributed by atoms with E-state index in [1.54, 1.807) is 0 Å². The lowest BCUT2D eigenvalue weighted by atomic mass is 10.0. The summed E-state index contributed by atoms with van der Waals surface area (Å²) < 4.78 is 5.83. The molecule has 0 aliphatic carbocycles. The van der Waals surface area contributed by atoms with Crippen LogP contribution in [0.3, 0.4) is 0 Å². The first kappa shape index (κ1) is 19.0. The summed E-state index contributed by atoms with van der Waals surface area (Å²) in [7, 11) is 0. The van der Waals surface area contributed by atoms with Gasteiger partial charge in [0, 0.05) is 0 Å². The second kappa shape index (κ2) is 8.70. The van der Waals surface area contributed by atoms with Crippen LogP contribution in [0.5, 0.6) is 5.75 Å². The number of rotatable bonds is 7. The van der Waals surface area contributed by atoms with Gasteiger partial charge in [0.1, 0.15) is 5.75 Å². The van der Waals surface area contributed by atoms with Crippen LogP contribution in [0.25, 0.3) is 0 Å². The highest BCUT2D eigenvalue weighted by atomic mass is 16.5. The summed E-state index contributed by atoms with van der Waals surface area (Å²) in [5, 5.41) is 3.07. The van der Waals surface area contributed by atoms with Crippen molar-refractivity contribution in [3.63, 3.8) is 0 Å². The number of ether oxygens (including phenoxy) is 1. The highest BCUT2D eigenvalue weighted by molar-refractivity contribution is 5.78. The number of carbonyl (C=O) groups is 1. The Hall–Kier alpha value is -2.29. The summed E-state index contributed by atoms with van der Waals surface area (Å²) in [6, 6.07) is 14.5. The highest BCUT2D eigenvalue weighted by Gasteiger charge is 2.14. The molecule has 0 aromatic heterocycles. The monoisotopic (exact) mass is 339 g/mol. The molecule has 3 nitrogen and oxygen atoms in total. The van der Waals surface area contributed by atoms with Crippen LogP contribution in [0.1, 0.15) is 61.4 Å². The van der Waals surface area contributed by atoms with E-state index in [1.807, 2.05) is 13.0 Å². The normalized spacial score (nSPS) is 12.1. The summed E-state index contributed by atoms with van der Waals surface area (Å²) in [4.78, 5) is 12.4. The number of carbonyl (C=O) groups excluding carboxylic acids is 1. The van der Waals surface area contributed by atoms with Crippen LogP contribution in [0.15, 0.2) is 42.5 Å². The quantitative estimate of drug-likeness (QED) is 0.764. The maximum atomic E-state index is 12.4. The Morgan fingerprint density at radius 1 is 1.04 bits per heavy atom. The van der Waals surface area contributed by atoms with Gasteiger partial charge in [0.05, 0.1) is 6.04 Å². The maximum absolute atomic E-state index is 12.4. The lowest BCUT2D eigenvalue weighted by Gasteiger charge is -2.19. The smallest absolute Gasteiger partial charge is 0.258 e. The first-order valence-corrected chi connectivity index (χ1v) is 9.00. The third-order valence-corrected chi connectivity index (χ3v) is 4.37. The van der Waals surface area contributed by atoms with Crippen molar-refractivity contribution < 1.29 is 9.53 Å². The van der Waals surface area contributed by atoms with Crippen molar-refractivity contribution in [1.29, 1.82) is 0 Å². The number of aryl methyl sites for hydroxylation is 2. The zero-order valence-corrected chi connectivity index (χ0v) is 15.9. The molecule has 3 heteroatoms. The summed E-state index contributed by atoms with van der Waals surface area (Å²) in [6.45, 7) is 10.5. The Morgan fingerprint density at radius 3 is 2.28 bits per heavy atom. The Bertz CT molecular complexity index is 704. The predicted octanol–water partition coefficient (Wildman–Crippen LogP) is 5.07. The summed E-state index contributed by atoms with van der Waals surface area (Å²) in [6.07, 6.45) is 0.844. The number of benzene rings is 2. The predicted molar refractivity (Wildman–Crippen MR) is 103 cm³/mol. The lowest BCUT2D eigenvalue weighted by Crippen LogP contribution is -2.32. The van der Waals surface area contributed by atoms with Gasteiger partial charge in [0.25, 0.3) is 5.91 Å². The minimum absolute atomic E-state index is 0.0128. The number of hydrogen-bond acceptors (Lipinski definition) is 2. The third-order valence-electron chi connectivity index (χ3n) is 4.37. The van der Waals surface area contributed by atoms with Gasteiger partial charge in [-0.15, -0.1) is 0 Å². The largest absolute Gasteiger partial charge is 0.483 e. The molecule has 0 aliphatic rings. The van der Waals surface area contributed by atoms with Crippen LogP contribution in [0, 0.1) is 13.8 Å². The molecule has 0 aliphatic heterocycles. The van der Waals surface area contributed by atoms with Crippen LogP contribution in [-0.4, -0.2) is 12.5 Å².